The van der Waals surface area contributed by atoms with Gasteiger partial charge in [-0.2, -0.15) is 0 Å². The molecule has 1 N–H and O–H groups in total. The van der Waals surface area contributed by atoms with Crippen LogP contribution in [-0.2, 0) is 4.79 Å². The number of carbonyl (C=O) groups is 2. The summed E-state index contributed by atoms with van der Waals surface area (Å²) in [6, 6.07) is 7.16. The summed E-state index contributed by atoms with van der Waals surface area (Å²) in [4.78, 5) is 37.1. The zero-order valence-electron chi connectivity index (χ0n) is 18.3. The lowest BCUT2D eigenvalue weighted by molar-refractivity contribution is -0.139. The van der Waals surface area contributed by atoms with Gasteiger partial charge in [-0.15, -0.1) is 0 Å². The van der Waals surface area contributed by atoms with Crippen molar-refractivity contribution in [3.05, 3.63) is 47.5 Å². The van der Waals surface area contributed by atoms with Gasteiger partial charge in [-0.3, -0.25) is 9.59 Å². The summed E-state index contributed by atoms with van der Waals surface area (Å²) in [7, 11) is 1.57. The number of nitrogens with one attached hydrogen (secondary N) is 1. The normalized spacial score (nSPS) is 19.3. The van der Waals surface area contributed by atoms with E-state index in [2.05, 4.69) is 15.3 Å². The van der Waals surface area contributed by atoms with Crippen LogP contribution < -0.4 is 10.1 Å². The lowest BCUT2D eigenvalue weighted by Gasteiger charge is -2.36. The lowest BCUT2D eigenvalue weighted by Crippen LogP contribution is -2.42. The number of anilines is 1. The van der Waals surface area contributed by atoms with Crippen LogP contribution in [0.3, 0.4) is 0 Å². The minimum atomic E-state index is -0.281. The molecule has 7 heteroatoms. The molecule has 1 aliphatic carbocycles. The van der Waals surface area contributed by atoms with Gasteiger partial charge in [0.15, 0.2) is 5.82 Å². The number of likely N-dealkylation sites (tertiary alicyclic amines) is 1. The Kier molecular flexibility index (Phi) is 6.49. The van der Waals surface area contributed by atoms with Crippen LogP contribution in [0.15, 0.2) is 30.5 Å². The number of ether oxygens (including phenoxy) is 1. The Morgan fingerprint density at radius 3 is 2.58 bits per heavy atom. The van der Waals surface area contributed by atoms with Crippen molar-refractivity contribution < 1.29 is 14.3 Å². The molecule has 31 heavy (non-hydrogen) atoms. The fraction of sp³-hybridized carbons (Fsp3) is 0.500. The summed E-state index contributed by atoms with van der Waals surface area (Å²) in [6.07, 6.45) is 8.78. The van der Waals surface area contributed by atoms with Gasteiger partial charge in [0.05, 0.1) is 30.1 Å². The number of nitrogens with zero attached hydrogens (tertiary/aromatic N) is 3. The van der Waals surface area contributed by atoms with Crippen LogP contribution in [0.4, 0.5) is 5.69 Å². The molecule has 0 radical (unpaired) electrons. The second-order valence-corrected chi connectivity index (χ2v) is 8.41. The van der Waals surface area contributed by atoms with Gasteiger partial charge in [0.25, 0.3) is 5.91 Å². The van der Waals surface area contributed by atoms with Crippen molar-refractivity contribution in [1.82, 2.24) is 14.9 Å². The number of rotatable bonds is 5. The Morgan fingerprint density at radius 2 is 1.84 bits per heavy atom. The van der Waals surface area contributed by atoms with Crippen molar-refractivity contribution in [3.63, 3.8) is 0 Å². The number of para-hydroxylation sites is 2. The Labute approximate surface area is 183 Å². The molecule has 1 aromatic heterocycles. The van der Waals surface area contributed by atoms with E-state index in [4.69, 9.17) is 4.74 Å². The summed E-state index contributed by atoms with van der Waals surface area (Å²) in [5, 5.41) is 2.87. The van der Waals surface area contributed by atoms with E-state index in [1.165, 1.54) is 0 Å². The number of aryl methyl sites for hydroxylation is 1. The number of carbonyl (C=O) groups excluding carboxylic acids is 2. The van der Waals surface area contributed by atoms with E-state index in [-0.39, 0.29) is 23.8 Å². The molecule has 2 aliphatic rings. The quantitative estimate of drug-likeness (QED) is 0.777. The average molecular weight is 423 g/mol. The zero-order chi connectivity index (χ0) is 21.8. The molecule has 1 unspecified atom stereocenters. The first-order chi connectivity index (χ1) is 15.1. The molecule has 1 aromatic carbocycles. The number of piperidine rings is 1. The van der Waals surface area contributed by atoms with E-state index < -0.39 is 0 Å². The topological polar surface area (TPSA) is 84.4 Å². The van der Waals surface area contributed by atoms with E-state index in [0.29, 0.717) is 28.5 Å². The smallest absolute Gasteiger partial charge is 0.259 e. The summed E-state index contributed by atoms with van der Waals surface area (Å²) in [5.74, 6) is 1.34. The molecule has 0 bridgehead atoms. The SMILES string of the molecule is COc1ccccc1NC(=O)c1cnc(C2CCCCN2C(=O)C2CCCC2)nc1C. The van der Waals surface area contributed by atoms with Crippen LogP contribution in [0.25, 0.3) is 0 Å². The molecule has 2 aromatic rings. The third-order valence-corrected chi connectivity index (χ3v) is 6.39. The monoisotopic (exact) mass is 422 g/mol. The minimum absolute atomic E-state index is 0.105. The Morgan fingerprint density at radius 1 is 1.10 bits per heavy atom. The largest absolute Gasteiger partial charge is 0.495 e. The lowest BCUT2D eigenvalue weighted by atomic mass is 9.97. The van der Waals surface area contributed by atoms with E-state index >= 15 is 0 Å². The summed E-state index contributed by atoms with van der Waals surface area (Å²) < 4.78 is 5.30. The van der Waals surface area contributed by atoms with Crippen LogP contribution in [0.5, 0.6) is 5.75 Å². The van der Waals surface area contributed by atoms with Crippen molar-refractivity contribution in [2.75, 3.05) is 19.0 Å². The van der Waals surface area contributed by atoms with E-state index in [1.807, 2.05) is 24.0 Å². The zero-order valence-corrected chi connectivity index (χ0v) is 18.3. The molecular formula is C24H30N4O3. The highest BCUT2D eigenvalue weighted by Gasteiger charge is 2.35. The molecule has 1 atom stereocenters. The number of benzene rings is 1. The van der Waals surface area contributed by atoms with Gasteiger partial charge >= 0.3 is 0 Å². The van der Waals surface area contributed by atoms with Gasteiger partial charge in [0.1, 0.15) is 5.75 Å². The molecule has 2 fully saturated rings. The van der Waals surface area contributed by atoms with Crippen molar-refractivity contribution in [3.8, 4) is 5.75 Å². The molecule has 164 valence electrons. The number of amides is 2. The number of aromatic nitrogens is 2. The molecule has 1 saturated carbocycles. The van der Waals surface area contributed by atoms with Crippen molar-refractivity contribution in [2.24, 2.45) is 5.92 Å². The van der Waals surface area contributed by atoms with Gasteiger partial charge in [0, 0.05) is 18.7 Å². The Bertz CT molecular complexity index is 956. The van der Waals surface area contributed by atoms with Crippen molar-refractivity contribution in [1.29, 1.82) is 0 Å². The van der Waals surface area contributed by atoms with Crippen molar-refractivity contribution >= 4 is 17.5 Å². The van der Waals surface area contributed by atoms with E-state index in [9.17, 15) is 9.59 Å². The van der Waals surface area contributed by atoms with Gasteiger partial charge < -0.3 is 15.0 Å². The van der Waals surface area contributed by atoms with Crippen molar-refractivity contribution in [2.45, 2.75) is 57.9 Å². The maximum absolute atomic E-state index is 13.1. The molecule has 1 saturated heterocycles. The van der Waals surface area contributed by atoms with Gasteiger partial charge in [-0.1, -0.05) is 25.0 Å². The maximum atomic E-state index is 13.1. The second-order valence-electron chi connectivity index (χ2n) is 8.41. The predicted molar refractivity (Wildman–Crippen MR) is 118 cm³/mol. The van der Waals surface area contributed by atoms with Crippen LogP contribution in [0.2, 0.25) is 0 Å². The molecule has 1 aliphatic heterocycles. The Balaban J connectivity index is 1.53. The summed E-state index contributed by atoms with van der Waals surface area (Å²) >= 11 is 0. The van der Waals surface area contributed by atoms with Crippen LogP contribution in [-0.4, -0.2) is 40.3 Å². The first-order valence-electron chi connectivity index (χ1n) is 11.2. The second kappa shape index (κ2) is 9.45. The molecule has 7 nitrogen and oxygen atoms in total. The Hall–Kier alpha value is -2.96. The third-order valence-electron chi connectivity index (χ3n) is 6.39. The van der Waals surface area contributed by atoms with Gasteiger partial charge in [-0.25, -0.2) is 9.97 Å². The highest BCUT2D eigenvalue weighted by molar-refractivity contribution is 6.05. The first kappa shape index (κ1) is 21.3. The van der Waals surface area contributed by atoms with E-state index in [1.54, 1.807) is 25.4 Å². The average Bonchev–Trinajstić information content (AvgIpc) is 3.34. The maximum Gasteiger partial charge on any atom is 0.259 e. The van der Waals surface area contributed by atoms with Crippen LogP contribution in [0.1, 0.15) is 72.9 Å². The number of hydrogen-bond acceptors (Lipinski definition) is 5. The predicted octanol–water partition coefficient (Wildman–Crippen LogP) is 4.29. The fourth-order valence-electron chi connectivity index (χ4n) is 4.68. The first-order valence-corrected chi connectivity index (χ1v) is 11.2. The highest BCUT2D eigenvalue weighted by atomic mass is 16.5. The summed E-state index contributed by atoms with van der Waals surface area (Å²) in [5.41, 5.74) is 1.62. The molecule has 0 spiro atoms. The van der Waals surface area contributed by atoms with Gasteiger partial charge in [0.2, 0.25) is 5.91 Å². The number of hydrogen-bond donors (Lipinski definition) is 1. The highest BCUT2D eigenvalue weighted by Crippen LogP contribution is 2.34. The van der Waals surface area contributed by atoms with Crippen LogP contribution in [0, 0.1) is 12.8 Å². The van der Waals surface area contributed by atoms with Gasteiger partial charge in [-0.05, 0) is 51.2 Å². The molecular weight excluding hydrogens is 392 g/mol. The fourth-order valence-corrected chi connectivity index (χ4v) is 4.68. The molecule has 4 rings (SSSR count). The standard InChI is InChI=1S/C24H30N4O3/c1-16-18(23(29)27-19-11-5-6-13-21(19)31-2)15-25-22(26-16)20-12-7-8-14-28(20)24(30)17-9-3-4-10-17/h5-6,11,13,15,17,20H,3-4,7-10,12,14H2,1-2H3,(H,27,29). The number of methoxy groups -OCH3 is 1. The summed E-state index contributed by atoms with van der Waals surface area (Å²) in [6.45, 7) is 2.58. The minimum Gasteiger partial charge on any atom is -0.495 e. The van der Waals surface area contributed by atoms with E-state index in [0.717, 1.165) is 51.5 Å². The molecule has 2 heterocycles. The van der Waals surface area contributed by atoms with Crippen LogP contribution >= 0.6 is 0 Å². The molecule has 2 amide bonds. The third kappa shape index (κ3) is 4.55.